The number of amides is 2. The summed E-state index contributed by atoms with van der Waals surface area (Å²) in [6, 6.07) is 15.4. The molecule has 1 N–H and O–H groups in total. The van der Waals surface area contributed by atoms with Gasteiger partial charge in [0.05, 0.1) is 5.69 Å². The van der Waals surface area contributed by atoms with Crippen LogP contribution < -0.4 is 5.32 Å². The lowest BCUT2D eigenvalue weighted by Crippen LogP contribution is -2.32. The molecule has 2 atom stereocenters. The summed E-state index contributed by atoms with van der Waals surface area (Å²) in [6.07, 6.45) is 0. The van der Waals surface area contributed by atoms with Gasteiger partial charge in [0.2, 0.25) is 11.8 Å². The molecular weight excluding hydrogens is 295 g/mol. The molecule has 3 rings (SSSR count). The number of likely N-dealkylation sites (tertiary alicyclic amines) is 1. The second kappa shape index (κ2) is 6.20. The molecule has 2 unspecified atom stereocenters. The zero-order valence-electron chi connectivity index (χ0n) is 12.7. The van der Waals surface area contributed by atoms with E-state index in [1.54, 1.807) is 24.1 Å². The third kappa shape index (κ3) is 2.95. The van der Waals surface area contributed by atoms with Crippen LogP contribution in [0.3, 0.4) is 0 Å². The molecule has 1 aliphatic heterocycles. The average Bonchev–Trinajstić information content (AvgIpc) is 2.86. The van der Waals surface area contributed by atoms with Crippen LogP contribution in [0, 0.1) is 11.7 Å². The fourth-order valence-electron chi connectivity index (χ4n) is 2.97. The first kappa shape index (κ1) is 15.2. The van der Waals surface area contributed by atoms with Crippen LogP contribution >= 0.6 is 0 Å². The number of nitrogens with zero attached hydrogens (tertiary/aromatic N) is 1. The lowest BCUT2D eigenvalue weighted by atomic mass is 9.88. The third-order valence-corrected chi connectivity index (χ3v) is 4.16. The Morgan fingerprint density at radius 1 is 1.13 bits per heavy atom. The molecule has 118 valence electrons. The highest BCUT2D eigenvalue weighted by molar-refractivity contribution is 6.08. The van der Waals surface area contributed by atoms with Gasteiger partial charge in [-0.1, -0.05) is 42.5 Å². The minimum atomic E-state index is -0.845. The van der Waals surface area contributed by atoms with E-state index in [1.165, 1.54) is 12.1 Å². The van der Waals surface area contributed by atoms with Gasteiger partial charge in [-0.05, 0) is 17.7 Å². The van der Waals surface area contributed by atoms with Crippen molar-refractivity contribution in [2.45, 2.75) is 5.92 Å². The van der Waals surface area contributed by atoms with E-state index in [-0.39, 0.29) is 17.5 Å². The Morgan fingerprint density at radius 3 is 2.48 bits per heavy atom. The van der Waals surface area contributed by atoms with E-state index >= 15 is 0 Å². The molecule has 0 bridgehead atoms. The van der Waals surface area contributed by atoms with Crippen molar-refractivity contribution in [2.75, 3.05) is 18.9 Å². The Morgan fingerprint density at radius 2 is 1.78 bits per heavy atom. The van der Waals surface area contributed by atoms with Gasteiger partial charge in [0.1, 0.15) is 11.7 Å². The van der Waals surface area contributed by atoms with Gasteiger partial charge in [-0.15, -0.1) is 0 Å². The second-order valence-electron chi connectivity index (χ2n) is 5.68. The highest BCUT2D eigenvalue weighted by atomic mass is 19.1. The van der Waals surface area contributed by atoms with Gasteiger partial charge in [-0.2, -0.15) is 0 Å². The first-order valence-electron chi connectivity index (χ1n) is 7.43. The monoisotopic (exact) mass is 312 g/mol. The summed E-state index contributed by atoms with van der Waals surface area (Å²) in [5.41, 5.74) is 1.02. The summed E-state index contributed by atoms with van der Waals surface area (Å²) in [6.45, 7) is 0.470. The van der Waals surface area contributed by atoms with Crippen LogP contribution in [0.1, 0.15) is 11.5 Å². The molecule has 1 saturated heterocycles. The topological polar surface area (TPSA) is 49.4 Å². The summed E-state index contributed by atoms with van der Waals surface area (Å²) < 4.78 is 13.7. The Bertz CT molecular complexity index is 733. The van der Waals surface area contributed by atoms with Crippen LogP contribution in [-0.4, -0.2) is 30.3 Å². The van der Waals surface area contributed by atoms with E-state index in [4.69, 9.17) is 0 Å². The number of carbonyl (C=O) groups excluding carboxylic acids is 2. The Kier molecular flexibility index (Phi) is 4.10. The molecule has 0 aromatic heterocycles. The van der Waals surface area contributed by atoms with Gasteiger partial charge in [0.15, 0.2) is 0 Å². The summed E-state index contributed by atoms with van der Waals surface area (Å²) in [7, 11) is 1.68. The number of likely N-dealkylation sites (N-methyl/N-ethyl adjacent to an activating group) is 1. The first-order valence-corrected chi connectivity index (χ1v) is 7.43. The van der Waals surface area contributed by atoms with Crippen LogP contribution in [0.4, 0.5) is 10.1 Å². The molecule has 1 heterocycles. The van der Waals surface area contributed by atoms with Crippen molar-refractivity contribution in [1.29, 1.82) is 0 Å². The number of nitrogens with one attached hydrogen (secondary N) is 1. The van der Waals surface area contributed by atoms with Crippen LogP contribution in [0.2, 0.25) is 0 Å². The Hall–Kier alpha value is -2.69. The van der Waals surface area contributed by atoms with Gasteiger partial charge < -0.3 is 10.2 Å². The quantitative estimate of drug-likeness (QED) is 0.886. The molecule has 4 nitrogen and oxygen atoms in total. The number of anilines is 1. The molecule has 0 spiro atoms. The number of hydrogen-bond acceptors (Lipinski definition) is 2. The molecule has 0 radical (unpaired) electrons. The largest absolute Gasteiger partial charge is 0.344 e. The summed E-state index contributed by atoms with van der Waals surface area (Å²) in [5, 5.41) is 2.54. The molecule has 0 aliphatic carbocycles. The number of carbonyl (C=O) groups is 2. The van der Waals surface area contributed by atoms with E-state index < -0.39 is 17.6 Å². The molecular formula is C18H17FN2O2. The third-order valence-electron chi connectivity index (χ3n) is 4.16. The summed E-state index contributed by atoms with van der Waals surface area (Å²) in [4.78, 5) is 26.5. The van der Waals surface area contributed by atoms with Gasteiger partial charge in [0, 0.05) is 19.5 Å². The normalized spacial score (nSPS) is 20.6. The predicted octanol–water partition coefficient (Wildman–Crippen LogP) is 2.64. The van der Waals surface area contributed by atoms with Crippen LogP contribution in [-0.2, 0) is 9.59 Å². The molecule has 2 aromatic carbocycles. The minimum absolute atomic E-state index is 0.0895. The van der Waals surface area contributed by atoms with Gasteiger partial charge in [-0.3, -0.25) is 9.59 Å². The van der Waals surface area contributed by atoms with Crippen molar-refractivity contribution in [3.63, 3.8) is 0 Å². The molecule has 1 aliphatic rings. The van der Waals surface area contributed by atoms with Crippen molar-refractivity contribution >= 4 is 17.5 Å². The van der Waals surface area contributed by atoms with E-state index in [0.29, 0.717) is 6.54 Å². The van der Waals surface area contributed by atoms with Crippen molar-refractivity contribution in [3.8, 4) is 0 Å². The number of hydrogen-bond donors (Lipinski definition) is 1. The van der Waals surface area contributed by atoms with E-state index in [9.17, 15) is 14.0 Å². The maximum Gasteiger partial charge on any atom is 0.237 e. The highest BCUT2D eigenvalue weighted by Gasteiger charge is 2.44. The molecule has 0 saturated carbocycles. The fraction of sp³-hybridized carbons (Fsp3) is 0.222. The van der Waals surface area contributed by atoms with Crippen molar-refractivity contribution in [3.05, 3.63) is 66.0 Å². The van der Waals surface area contributed by atoms with Crippen LogP contribution in [0.15, 0.2) is 54.6 Å². The summed E-state index contributed by atoms with van der Waals surface area (Å²) >= 11 is 0. The predicted molar refractivity (Wildman–Crippen MR) is 85.3 cm³/mol. The Labute approximate surface area is 133 Å². The maximum absolute atomic E-state index is 13.7. The first-order chi connectivity index (χ1) is 11.1. The SMILES string of the molecule is CN1CC(c2ccccc2)C(C(=O)Nc2ccccc2F)C1=O. The van der Waals surface area contributed by atoms with Gasteiger partial charge in [-0.25, -0.2) is 4.39 Å². The van der Waals surface area contributed by atoms with Crippen LogP contribution in [0.5, 0.6) is 0 Å². The highest BCUT2D eigenvalue weighted by Crippen LogP contribution is 2.33. The lowest BCUT2D eigenvalue weighted by molar-refractivity contribution is -0.135. The van der Waals surface area contributed by atoms with Crippen LogP contribution in [0.25, 0.3) is 0 Å². The smallest absolute Gasteiger partial charge is 0.237 e. The van der Waals surface area contributed by atoms with Crippen molar-refractivity contribution < 1.29 is 14.0 Å². The number of halogens is 1. The minimum Gasteiger partial charge on any atom is -0.344 e. The van der Waals surface area contributed by atoms with E-state index in [0.717, 1.165) is 5.56 Å². The molecule has 5 heteroatoms. The van der Waals surface area contributed by atoms with Crippen molar-refractivity contribution in [1.82, 2.24) is 4.90 Å². The van der Waals surface area contributed by atoms with E-state index in [1.807, 2.05) is 30.3 Å². The van der Waals surface area contributed by atoms with E-state index in [2.05, 4.69) is 5.32 Å². The van der Waals surface area contributed by atoms with Gasteiger partial charge >= 0.3 is 0 Å². The van der Waals surface area contributed by atoms with Crippen molar-refractivity contribution in [2.24, 2.45) is 5.92 Å². The molecule has 2 amide bonds. The number of rotatable bonds is 3. The lowest BCUT2D eigenvalue weighted by Gasteiger charge is -2.17. The van der Waals surface area contributed by atoms with Gasteiger partial charge in [0.25, 0.3) is 0 Å². The number of benzene rings is 2. The maximum atomic E-state index is 13.7. The number of para-hydroxylation sites is 1. The average molecular weight is 312 g/mol. The standard InChI is InChI=1S/C18H17FN2O2/c1-21-11-13(12-7-3-2-4-8-12)16(18(21)23)17(22)20-15-10-6-5-9-14(15)19/h2-10,13,16H,11H2,1H3,(H,20,22). The Balaban J connectivity index is 1.87. The molecule has 23 heavy (non-hydrogen) atoms. The second-order valence-corrected chi connectivity index (χ2v) is 5.68. The zero-order chi connectivity index (χ0) is 16.4. The fourth-order valence-corrected chi connectivity index (χ4v) is 2.97. The zero-order valence-corrected chi connectivity index (χ0v) is 12.7. The summed E-state index contributed by atoms with van der Waals surface area (Å²) in [5.74, 6) is -2.32. The molecule has 1 fully saturated rings. The molecule has 2 aromatic rings.